The van der Waals surface area contributed by atoms with Crippen LogP contribution in [0.15, 0.2) is 0 Å². The zero-order chi connectivity index (χ0) is 69.1. The minimum absolute atomic E-state index is 0.0491. The van der Waals surface area contributed by atoms with Gasteiger partial charge in [-0.3, -0.25) is 71.9 Å². The number of carboxylic acid groups (broad SMARTS) is 4. The first-order valence-electron chi connectivity index (χ1n) is 29.3. The summed E-state index contributed by atoms with van der Waals surface area (Å²) in [5.74, 6) is -20.9. The number of aliphatic hydroxyl groups excluding tert-OH is 1. The molecule has 0 aromatic rings. The summed E-state index contributed by atoms with van der Waals surface area (Å²) in [4.78, 5) is 208. The molecule has 510 valence electrons. The highest BCUT2D eigenvalue weighted by Crippen LogP contribution is 2.13. The number of primary amides is 2. The van der Waals surface area contributed by atoms with Crippen molar-refractivity contribution in [3.05, 3.63) is 0 Å². The zero-order valence-corrected chi connectivity index (χ0v) is 51.5. The molecule has 0 rings (SSSR count). The van der Waals surface area contributed by atoms with E-state index in [4.69, 9.17) is 28.7 Å². The van der Waals surface area contributed by atoms with Crippen LogP contribution in [0.4, 0.5) is 0 Å². The number of hydrogen-bond donors (Lipinski definition) is 20. The van der Waals surface area contributed by atoms with E-state index in [9.17, 15) is 102 Å². The Hall–Kier alpha value is -8.64. The molecule has 0 saturated heterocycles. The Morgan fingerprint density at radius 1 is 0.389 bits per heavy atom. The van der Waals surface area contributed by atoms with Crippen LogP contribution >= 0.6 is 0 Å². The monoisotopic (exact) mass is 1290 g/mol. The standard InChI is InChI=1S/C54H93N15O21/c1-7-26(4)42(68-45(80)29(57)12-8-10-20-55)52(87)67-36(24-41(77)78)50(85)63-31(15-18-39(73)74)46(81)60-27(5)44(79)65-35(23-38(59)72)49(84)62-30(14-17-37(58)71)47(82)61-32(16-19-40(75)76)48(83)66-34(22-25(2)3)51(86)69-43(28(6)70)53(88)64-33(54(89)90)13-9-11-21-56/h25-36,42-43,70H,7-24,55-57H2,1-6H3,(H2,58,71)(H2,59,72)(H,60,81)(H,61,82)(H,62,84)(H,63,85)(H,64,88)(H,65,79)(H,66,83)(H,67,87)(H,68,80)(H,69,86)(H,73,74)(H,75,76)(H,77,78)(H,89,90)/t26-,27-,28+,29-,30-,31-,32-,33-,34-,35-,36-,42-,43-/m0/s1. The van der Waals surface area contributed by atoms with Crippen LogP contribution in [-0.4, -0.2) is 206 Å². The van der Waals surface area contributed by atoms with Gasteiger partial charge < -0.3 is 107 Å². The van der Waals surface area contributed by atoms with Gasteiger partial charge in [-0.05, 0) is 96.6 Å². The first-order chi connectivity index (χ1) is 42.0. The summed E-state index contributed by atoms with van der Waals surface area (Å²) < 4.78 is 0. The largest absolute Gasteiger partial charge is 0.481 e. The zero-order valence-electron chi connectivity index (χ0n) is 51.5. The van der Waals surface area contributed by atoms with Gasteiger partial charge in [0, 0.05) is 19.3 Å². The first-order valence-corrected chi connectivity index (χ1v) is 29.3. The Balaban J connectivity index is 6.81. The van der Waals surface area contributed by atoms with Crippen molar-refractivity contribution in [3.63, 3.8) is 0 Å². The van der Waals surface area contributed by atoms with Crippen LogP contribution < -0.4 is 81.8 Å². The van der Waals surface area contributed by atoms with Gasteiger partial charge in [0.1, 0.15) is 60.4 Å². The fourth-order valence-electron chi connectivity index (χ4n) is 8.43. The molecule has 0 aliphatic carbocycles. The molecule has 25 N–H and O–H groups in total. The maximum absolute atomic E-state index is 14.0. The molecule has 90 heavy (non-hydrogen) atoms. The van der Waals surface area contributed by atoms with Gasteiger partial charge in [0.15, 0.2) is 0 Å². The Bertz CT molecular complexity index is 2500. The molecule has 13 atom stereocenters. The summed E-state index contributed by atoms with van der Waals surface area (Å²) in [7, 11) is 0. The van der Waals surface area contributed by atoms with E-state index in [1.54, 1.807) is 27.7 Å². The van der Waals surface area contributed by atoms with Crippen molar-refractivity contribution in [3.8, 4) is 0 Å². The number of rotatable bonds is 47. The Morgan fingerprint density at radius 3 is 1.20 bits per heavy atom. The predicted molar refractivity (Wildman–Crippen MR) is 315 cm³/mol. The van der Waals surface area contributed by atoms with Gasteiger partial charge in [-0.25, -0.2) is 4.79 Å². The van der Waals surface area contributed by atoms with Gasteiger partial charge in [0.25, 0.3) is 0 Å². The molecular formula is C54H93N15O21. The molecule has 0 unspecified atom stereocenters. The van der Waals surface area contributed by atoms with Crippen molar-refractivity contribution < 1.29 is 102 Å². The van der Waals surface area contributed by atoms with Gasteiger partial charge in [-0.2, -0.15) is 0 Å². The Morgan fingerprint density at radius 2 is 0.778 bits per heavy atom. The van der Waals surface area contributed by atoms with Crippen LogP contribution in [0, 0.1) is 11.8 Å². The molecule has 12 amide bonds. The average molecular weight is 1290 g/mol. The summed E-state index contributed by atoms with van der Waals surface area (Å²) in [5, 5.41) is 71.5. The molecule has 36 nitrogen and oxygen atoms in total. The predicted octanol–water partition coefficient (Wildman–Crippen LogP) is -6.66. The number of aliphatic hydroxyl groups is 1. The lowest BCUT2D eigenvalue weighted by atomic mass is 9.97. The highest BCUT2D eigenvalue weighted by molar-refractivity contribution is 6.00. The van der Waals surface area contributed by atoms with Crippen molar-refractivity contribution in [2.24, 2.45) is 40.5 Å². The van der Waals surface area contributed by atoms with E-state index in [-0.39, 0.29) is 25.8 Å². The fraction of sp³-hybridized carbons (Fsp3) is 0.704. The summed E-state index contributed by atoms with van der Waals surface area (Å²) in [6.45, 7) is 9.24. The second kappa shape index (κ2) is 42.3. The molecule has 0 spiro atoms. The van der Waals surface area contributed by atoms with E-state index in [1.807, 2.05) is 0 Å². The van der Waals surface area contributed by atoms with E-state index in [0.717, 1.165) is 13.8 Å². The maximum Gasteiger partial charge on any atom is 0.326 e. The molecule has 0 aromatic carbocycles. The number of nitrogens with one attached hydrogen (secondary N) is 10. The third kappa shape index (κ3) is 32.5. The summed E-state index contributed by atoms with van der Waals surface area (Å²) >= 11 is 0. The molecule has 0 saturated carbocycles. The summed E-state index contributed by atoms with van der Waals surface area (Å²) in [5.41, 5.74) is 27.7. The van der Waals surface area contributed by atoms with E-state index in [1.165, 1.54) is 0 Å². The van der Waals surface area contributed by atoms with Crippen LogP contribution in [0.3, 0.4) is 0 Å². The second-order valence-corrected chi connectivity index (χ2v) is 22.0. The molecule has 0 aliphatic rings. The minimum atomic E-state index is -2.02. The van der Waals surface area contributed by atoms with Gasteiger partial charge in [-0.1, -0.05) is 40.5 Å². The van der Waals surface area contributed by atoms with Crippen molar-refractivity contribution in [1.82, 2.24) is 53.2 Å². The Labute approximate surface area is 519 Å². The van der Waals surface area contributed by atoms with E-state index in [0.29, 0.717) is 38.6 Å². The third-order valence-electron chi connectivity index (χ3n) is 13.7. The lowest BCUT2D eigenvalue weighted by Crippen LogP contribution is -2.61. The number of aliphatic carboxylic acids is 4. The van der Waals surface area contributed by atoms with Crippen LogP contribution in [0.2, 0.25) is 0 Å². The SMILES string of the molecule is CC[C@H](C)[C@H](NC(=O)[C@@H](N)CCCCN)C(=O)N[C@@H](CC(=O)O)C(=O)N[C@@H](CCC(=O)O)C(=O)N[C@@H](C)C(=O)N[C@@H](CC(N)=O)C(=O)N[C@@H](CCC(N)=O)C(=O)N[C@@H](CCC(=O)O)C(=O)N[C@@H](CC(C)C)C(=O)N[C@H](C(=O)N[C@@H](CCCCN)C(=O)O)[C@@H](C)O. The number of nitrogens with two attached hydrogens (primary N) is 5. The molecule has 36 heteroatoms. The number of unbranched alkanes of at least 4 members (excludes halogenated alkanes) is 2. The minimum Gasteiger partial charge on any atom is -0.481 e. The van der Waals surface area contributed by atoms with Crippen molar-refractivity contribution in [2.75, 3.05) is 13.1 Å². The number of hydrogen-bond acceptors (Lipinski definition) is 20. The van der Waals surface area contributed by atoms with Crippen LogP contribution in [0.5, 0.6) is 0 Å². The lowest BCUT2D eigenvalue weighted by Gasteiger charge is -2.28. The molecule has 0 heterocycles. The van der Waals surface area contributed by atoms with Crippen LogP contribution in [-0.2, 0) is 76.7 Å². The van der Waals surface area contributed by atoms with Crippen molar-refractivity contribution in [1.29, 1.82) is 0 Å². The van der Waals surface area contributed by atoms with Gasteiger partial charge in [0.2, 0.25) is 70.9 Å². The molecule has 0 aromatic heterocycles. The number of carboxylic acids is 4. The topological polar surface area (TPSA) is 625 Å². The molecule has 0 radical (unpaired) electrons. The molecule has 0 bridgehead atoms. The van der Waals surface area contributed by atoms with Gasteiger partial charge in [-0.15, -0.1) is 0 Å². The maximum atomic E-state index is 14.0. The van der Waals surface area contributed by atoms with Crippen molar-refractivity contribution in [2.45, 2.75) is 217 Å². The highest BCUT2D eigenvalue weighted by Gasteiger charge is 2.38. The quantitative estimate of drug-likeness (QED) is 0.0252. The normalized spacial score (nSPS) is 15.4. The first kappa shape index (κ1) is 81.4. The number of amides is 12. The third-order valence-corrected chi connectivity index (χ3v) is 13.7. The average Bonchev–Trinajstić information content (AvgIpc) is 1.11. The summed E-state index contributed by atoms with van der Waals surface area (Å²) in [6.07, 6.45) is -5.97. The number of carbonyl (C=O) groups excluding carboxylic acids is 12. The number of carbonyl (C=O) groups is 16. The van der Waals surface area contributed by atoms with Crippen molar-refractivity contribution >= 4 is 94.8 Å². The van der Waals surface area contributed by atoms with Gasteiger partial charge in [0.05, 0.1) is 25.0 Å². The molecule has 0 fully saturated rings. The van der Waals surface area contributed by atoms with Crippen LogP contribution in [0.25, 0.3) is 0 Å². The van der Waals surface area contributed by atoms with E-state index >= 15 is 0 Å². The van der Waals surface area contributed by atoms with Crippen LogP contribution in [0.1, 0.15) is 144 Å². The van der Waals surface area contributed by atoms with Gasteiger partial charge >= 0.3 is 23.9 Å². The lowest BCUT2D eigenvalue weighted by molar-refractivity contribution is -0.143. The summed E-state index contributed by atoms with van der Waals surface area (Å²) in [6, 6.07) is -18.5. The van der Waals surface area contributed by atoms with E-state index in [2.05, 4.69) is 53.2 Å². The fourth-order valence-corrected chi connectivity index (χ4v) is 8.43. The van der Waals surface area contributed by atoms with E-state index < -0.39 is 231 Å². The smallest absolute Gasteiger partial charge is 0.326 e. The Kier molecular flexibility index (Phi) is 38.3. The second-order valence-electron chi connectivity index (χ2n) is 22.0. The molecule has 0 aliphatic heterocycles. The highest BCUT2D eigenvalue weighted by atomic mass is 16.4. The molecular weight excluding hydrogens is 1190 g/mol.